The van der Waals surface area contributed by atoms with Crippen LogP contribution < -0.4 is 4.74 Å². The zero-order valence-corrected chi connectivity index (χ0v) is 16.7. The number of carbonyl (C=O) groups is 1. The van der Waals surface area contributed by atoms with Crippen molar-refractivity contribution in [2.45, 2.75) is 32.7 Å². The Morgan fingerprint density at radius 1 is 1.04 bits per heavy atom. The number of likely N-dealkylation sites (N-methyl/N-ethyl adjacent to an activating group) is 1. The van der Waals surface area contributed by atoms with Crippen molar-refractivity contribution < 1.29 is 9.53 Å². The van der Waals surface area contributed by atoms with Crippen molar-refractivity contribution in [1.29, 1.82) is 0 Å². The molecule has 0 fully saturated rings. The van der Waals surface area contributed by atoms with E-state index >= 15 is 0 Å². The van der Waals surface area contributed by atoms with Crippen molar-refractivity contribution >= 4 is 5.91 Å². The van der Waals surface area contributed by atoms with Gasteiger partial charge in [-0.05, 0) is 48.2 Å². The number of carbonyl (C=O) groups excluding carboxylic acids is 1. The van der Waals surface area contributed by atoms with E-state index in [0.29, 0.717) is 11.7 Å². The van der Waals surface area contributed by atoms with E-state index in [2.05, 4.69) is 23.9 Å². The molecule has 28 heavy (non-hydrogen) atoms. The molecular weight excluding hydrogens is 352 g/mol. The second-order valence-electron chi connectivity index (χ2n) is 7.12. The van der Waals surface area contributed by atoms with E-state index in [1.807, 2.05) is 55.5 Å². The minimum Gasteiger partial charge on any atom is -0.484 e. The molecule has 6 heteroatoms. The largest absolute Gasteiger partial charge is 0.484 e. The van der Waals surface area contributed by atoms with Crippen molar-refractivity contribution in [3.8, 4) is 11.4 Å². The lowest BCUT2D eigenvalue weighted by molar-refractivity contribution is -0.134. The zero-order chi connectivity index (χ0) is 20.1. The van der Waals surface area contributed by atoms with Gasteiger partial charge in [0.15, 0.2) is 6.61 Å². The van der Waals surface area contributed by atoms with Crippen molar-refractivity contribution in [2.24, 2.45) is 0 Å². The molecule has 0 aliphatic carbocycles. The second kappa shape index (κ2) is 8.69. The molecule has 0 aliphatic heterocycles. The molecular formula is C22H26N4O2. The summed E-state index contributed by atoms with van der Waals surface area (Å²) in [6.45, 7) is 6.31. The van der Waals surface area contributed by atoms with Gasteiger partial charge < -0.3 is 9.64 Å². The van der Waals surface area contributed by atoms with Gasteiger partial charge in [0.2, 0.25) is 0 Å². The molecule has 2 aromatic carbocycles. The van der Waals surface area contributed by atoms with Crippen LogP contribution in [-0.4, -0.2) is 39.2 Å². The number of rotatable bonds is 7. The van der Waals surface area contributed by atoms with Crippen molar-refractivity contribution in [1.82, 2.24) is 19.7 Å². The van der Waals surface area contributed by atoms with Crippen LogP contribution in [0.15, 0.2) is 61.2 Å². The fraction of sp³-hybridized carbons (Fsp3) is 0.318. The zero-order valence-electron chi connectivity index (χ0n) is 16.7. The molecule has 0 spiro atoms. The molecule has 1 heterocycles. The van der Waals surface area contributed by atoms with Crippen molar-refractivity contribution in [3.05, 3.63) is 72.3 Å². The molecule has 3 rings (SSSR count). The summed E-state index contributed by atoms with van der Waals surface area (Å²) in [5.41, 5.74) is 3.22. The van der Waals surface area contributed by atoms with Crippen LogP contribution >= 0.6 is 0 Å². The Balaban J connectivity index is 1.57. The first-order valence-corrected chi connectivity index (χ1v) is 9.39. The summed E-state index contributed by atoms with van der Waals surface area (Å²) in [4.78, 5) is 18.2. The number of hydrogen-bond donors (Lipinski definition) is 0. The van der Waals surface area contributed by atoms with Crippen molar-refractivity contribution in [2.75, 3.05) is 13.7 Å². The van der Waals surface area contributed by atoms with E-state index < -0.39 is 0 Å². The minimum atomic E-state index is -0.0687. The highest BCUT2D eigenvalue weighted by molar-refractivity contribution is 5.78. The molecule has 0 bridgehead atoms. The first kappa shape index (κ1) is 19.6. The van der Waals surface area contributed by atoms with E-state index in [4.69, 9.17) is 4.74 Å². The van der Waals surface area contributed by atoms with Gasteiger partial charge in [0.05, 0.1) is 11.7 Å². The fourth-order valence-electron chi connectivity index (χ4n) is 2.88. The van der Waals surface area contributed by atoms with E-state index in [9.17, 15) is 4.79 Å². The van der Waals surface area contributed by atoms with Crippen LogP contribution in [0, 0.1) is 0 Å². The number of amides is 1. The first-order chi connectivity index (χ1) is 13.5. The normalized spacial score (nSPS) is 12.0. The average Bonchev–Trinajstić information content (AvgIpc) is 3.26. The molecule has 1 atom stereocenters. The molecule has 0 saturated heterocycles. The SMILES string of the molecule is CC(C)c1ccc(OCC(=O)N(C)[C@@H](C)c2ccc(-n3cncn3)cc2)cc1. The van der Waals surface area contributed by atoms with Crippen LogP contribution in [0.1, 0.15) is 43.9 Å². The van der Waals surface area contributed by atoms with Gasteiger partial charge in [-0.3, -0.25) is 4.79 Å². The first-order valence-electron chi connectivity index (χ1n) is 9.39. The summed E-state index contributed by atoms with van der Waals surface area (Å²) in [5.74, 6) is 1.11. The van der Waals surface area contributed by atoms with E-state index in [1.165, 1.54) is 11.9 Å². The molecule has 6 nitrogen and oxygen atoms in total. The van der Waals surface area contributed by atoms with Crippen LogP contribution in [-0.2, 0) is 4.79 Å². The predicted molar refractivity (Wildman–Crippen MR) is 109 cm³/mol. The van der Waals surface area contributed by atoms with Crippen LogP contribution in [0.5, 0.6) is 5.75 Å². The van der Waals surface area contributed by atoms with Crippen LogP contribution in [0.3, 0.4) is 0 Å². The third kappa shape index (κ3) is 4.57. The highest BCUT2D eigenvalue weighted by atomic mass is 16.5. The Labute approximate surface area is 165 Å². The van der Waals surface area contributed by atoms with E-state index in [-0.39, 0.29) is 18.6 Å². The molecule has 3 aromatic rings. The molecule has 146 valence electrons. The average molecular weight is 378 g/mol. The highest BCUT2D eigenvalue weighted by Crippen LogP contribution is 2.21. The molecule has 0 aliphatic rings. The lowest BCUT2D eigenvalue weighted by atomic mass is 10.0. The van der Waals surface area contributed by atoms with Gasteiger partial charge in [0, 0.05) is 7.05 Å². The van der Waals surface area contributed by atoms with Gasteiger partial charge in [-0.15, -0.1) is 0 Å². The second-order valence-corrected chi connectivity index (χ2v) is 7.12. The molecule has 0 radical (unpaired) electrons. The lowest BCUT2D eigenvalue weighted by Gasteiger charge is -2.25. The predicted octanol–water partition coefficient (Wildman–Crippen LogP) is 3.99. The van der Waals surface area contributed by atoms with E-state index in [0.717, 1.165) is 11.3 Å². The number of nitrogens with zero attached hydrogens (tertiary/aromatic N) is 4. The Hall–Kier alpha value is -3.15. The summed E-state index contributed by atoms with van der Waals surface area (Å²) >= 11 is 0. The monoisotopic (exact) mass is 378 g/mol. The summed E-state index contributed by atoms with van der Waals surface area (Å²) < 4.78 is 7.36. The maximum absolute atomic E-state index is 12.5. The third-order valence-electron chi connectivity index (χ3n) is 4.94. The van der Waals surface area contributed by atoms with Crippen LogP contribution in [0.2, 0.25) is 0 Å². The van der Waals surface area contributed by atoms with Gasteiger partial charge in [0.1, 0.15) is 18.4 Å². The highest BCUT2D eigenvalue weighted by Gasteiger charge is 2.18. The summed E-state index contributed by atoms with van der Waals surface area (Å²) in [6, 6.07) is 15.7. The lowest BCUT2D eigenvalue weighted by Crippen LogP contribution is -2.33. The van der Waals surface area contributed by atoms with Crippen LogP contribution in [0.4, 0.5) is 0 Å². The number of ether oxygens (including phenoxy) is 1. The maximum Gasteiger partial charge on any atom is 0.260 e. The minimum absolute atomic E-state index is 0.0128. The maximum atomic E-state index is 12.5. The summed E-state index contributed by atoms with van der Waals surface area (Å²) in [6.07, 6.45) is 3.15. The Morgan fingerprint density at radius 3 is 2.25 bits per heavy atom. The number of aromatic nitrogens is 3. The Morgan fingerprint density at radius 2 is 1.68 bits per heavy atom. The fourth-order valence-corrected chi connectivity index (χ4v) is 2.88. The topological polar surface area (TPSA) is 60.2 Å². The molecule has 1 amide bonds. The smallest absolute Gasteiger partial charge is 0.260 e. The van der Waals surface area contributed by atoms with Gasteiger partial charge in [-0.1, -0.05) is 38.1 Å². The quantitative estimate of drug-likeness (QED) is 0.624. The van der Waals surface area contributed by atoms with Gasteiger partial charge in [-0.2, -0.15) is 5.10 Å². The van der Waals surface area contributed by atoms with E-state index in [1.54, 1.807) is 23.0 Å². The molecule has 0 unspecified atom stereocenters. The standard InChI is InChI=1S/C22H26N4O2/c1-16(2)18-7-11-21(12-8-18)28-13-22(27)25(4)17(3)19-5-9-20(10-6-19)26-15-23-14-24-26/h5-12,14-17H,13H2,1-4H3/t17-/m0/s1. The number of hydrogen-bond acceptors (Lipinski definition) is 4. The molecule has 1 aromatic heterocycles. The van der Waals surface area contributed by atoms with Gasteiger partial charge in [-0.25, -0.2) is 9.67 Å². The van der Waals surface area contributed by atoms with Gasteiger partial charge >= 0.3 is 0 Å². The number of benzene rings is 2. The molecule has 0 saturated carbocycles. The third-order valence-corrected chi connectivity index (χ3v) is 4.94. The van der Waals surface area contributed by atoms with Gasteiger partial charge in [0.25, 0.3) is 5.91 Å². The summed E-state index contributed by atoms with van der Waals surface area (Å²) in [5, 5.41) is 4.12. The summed E-state index contributed by atoms with van der Waals surface area (Å²) in [7, 11) is 1.80. The Bertz CT molecular complexity index is 887. The van der Waals surface area contributed by atoms with Crippen LogP contribution in [0.25, 0.3) is 5.69 Å². The van der Waals surface area contributed by atoms with Crippen molar-refractivity contribution in [3.63, 3.8) is 0 Å². The Kier molecular flexibility index (Phi) is 6.09. The molecule has 0 N–H and O–H groups in total.